The second kappa shape index (κ2) is 5.89. The van der Waals surface area contributed by atoms with Crippen molar-refractivity contribution in [2.24, 2.45) is 0 Å². The van der Waals surface area contributed by atoms with Gasteiger partial charge in [-0.15, -0.1) is 0 Å². The van der Waals surface area contributed by atoms with E-state index in [2.05, 4.69) is 18.3 Å². The number of halogens is 1. The van der Waals surface area contributed by atoms with Crippen LogP contribution in [0.4, 0.5) is 5.69 Å². The minimum Gasteiger partial charge on any atom is -0.398 e. The third-order valence-electron chi connectivity index (χ3n) is 3.00. The van der Waals surface area contributed by atoms with E-state index in [1.807, 2.05) is 42.5 Å². The summed E-state index contributed by atoms with van der Waals surface area (Å²) in [6.45, 7) is 2.87. The molecule has 0 heterocycles. The van der Waals surface area contributed by atoms with Crippen LogP contribution in [0.15, 0.2) is 48.5 Å². The van der Waals surface area contributed by atoms with E-state index in [0.717, 1.165) is 22.8 Å². The largest absolute Gasteiger partial charge is 0.398 e. The highest BCUT2D eigenvalue weighted by atomic mass is 35.5. The Balaban J connectivity index is 2.00. The molecule has 0 spiro atoms. The second-order valence-electron chi connectivity index (χ2n) is 4.36. The average molecular weight is 261 g/mol. The van der Waals surface area contributed by atoms with E-state index < -0.39 is 0 Å². The van der Waals surface area contributed by atoms with Crippen LogP contribution in [-0.2, 0) is 6.54 Å². The number of nitrogens with one attached hydrogen (secondary N) is 1. The van der Waals surface area contributed by atoms with E-state index in [9.17, 15) is 0 Å². The summed E-state index contributed by atoms with van der Waals surface area (Å²) < 4.78 is 0. The molecule has 0 aromatic heterocycles. The summed E-state index contributed by atoms with van der Waals surface area (Å²) >= 11 is 5.98. The van der Waals surface area contributed by atoms with E-state index in [-0.39, 0.29) is 6.04 Å². The lowest BCUT2D eigenvalue weighted by molar-refractivity contribution is 0.575. The summed E-state index contributed by atoms with van der Waals surface area (Å²) in [6.07, 6.45) is 0. The Kier molecular flexibility index (Phi) is 4.24. The number of anilines is 1. The monoisotopic (exact) mass is 260 g/mol. The van der Waals surface area contributed by atoms with Gasteiger partial charge in [-0.25, -0.2) is 0 Å². The van der Waals surface area contributed by atoms with Crippen molar-refractivity contribution in [3.8, 4) is 0 Å². The molecule has 0 amide bonds. The van der Waals surface area contributed by atoms with Gasteiger partial charge in [-0.05, 0) is 36.2 Å². The molecule has 0 saturated carbocycles. The number of hydrogen-bond acceptors (Lipinski definition) is 2. The maximum atomic E-state index is 5.98. The molecule has 0 aliphatic heterocycles. The summed E-state index contributed by atoms with van der Waals surface area (Å²) in [5.41, 5.74) is 9.03. The van der Waals surface area contributed by atoms with Gasteiger partial charge in [0.1, 0.15) is 0 Å². The standard InChI is InChI=1S/C15H17ClN2/c1-11(12-6-4-7-14(16)9-12)18-10-13-5-2-3-8-15(13)17/h2-9,11,18H,10,17H2,1H3. The molecule has 0 bridgehead atoms. The van der Waals surface area contributed by atoms with Gasteiger partial charge in [-0.3, -0.25) is 0 Å². The number of hydrogen-bond donors (Lipinski definition) is 2. The molecular formula is C15H17ClN2. The van der Waals surface area contributed by atoms with Crippen LogP contribution in [0.5, 0.6) is 0 Å². The Morgan fingerprint density at radius 1 is 1.17 bits per heavy atom. The molecule has 2 rings (SSSR count). The van der Waals surface area contributed by atoms with Crippen molar-refractivity contribution >= 4 is 17.3 Å². The first-order chi connectivity index (χ1) is 8.66. The molecule has 18 heavy (non-hydrogen) atoms. The summed E-state index contributed by atoms with van der Waals surface area (Å²) in [5.74, 6) is 0. The van der Waals surface area contributed by atoms with Crippen molar-refractivity contribution in [3.63, 3.8) is 0 Å². The lowest BCUT2D eigenvalue weighted by atomic mass is 10.1. The van der Waals surface area contributed by atoms with Gasteiger partial charge in [0, 0.05) is 23.3 Å². The molecule has 0 fully saturated rings. The van der Waals surface area contributed by atoms with Crippen LogP contribution >= 0.6 is 11.6 Å². The van der Waals surface area contributed by atoms with E-state index in [0.29, 0.717) is 0 Å². The quantitative estimate of drug-likeness (QED) is 0.822. The first kappa shape index (κ1) is 12.9. The molecule has 2 nitrogen and oxygen atoms in total. The lowest BCUT2D eigenvalue weighted by Crippen LogP contribution is -2.18. The highest BCUT2D eigenvalue weighted by Crippen LogP contribution is 2.18. The van der Waals surface area contributed by atoms with Crippen molar-refractivity contribution in [2.45, 2.75) is 19.5 Å². The van der Waals surface area contributed by atoms with E-state index >= 15 is 0 Å². The summed E-state index contributed by atoms with van der Waals surface area (Å²) in [5, 5.41) is 4.21. The summed E-state index contributed by atoms with van der Waals surface area (Å²) in [7, 11) is 0. The molecule has 0 aliphatic rings. The molecular weight excluding hydrogens is 244 g/mol. The Morgan fingerprint density at radius 3 is 2.67 bits per heavy atom. The average Bonchev–Trinajstić information content (AvgIpc) is 2.37. The Labute approximate surface area is 113 Å². The summed E-state index contributed by atoms with van der Waals surface area (Å²) in [4.78, 5) is 0. The van der Waals surface area contributed by atoms with Crippen LogP contribution in [0, 0.1) is 0 Å². The van der Waals surface area contributed by atoms with Crippen LogP contribution in [0.2, 0.25) is 5.02 Å². The topological polar surface area (TPSA) is 38.0 Å². The van der Waals surface area contributed by atoms with Crippen molar-refractivity contribution in [3.05, 3.63) is 64.7 Å². The molecule has 3 heteroatoms. The smallest absolute Gasteiger partial charge is 0.0409 e. The third-order valence-corrected chi connectivity index (χ3v) is 3.24. The van der Waals surface area contributed by atoms with Gasteiger partial charge in [0.15, 0.2) is 0 Å². The highest BCUT2D eigenvalue weighted by Gasteiger charge is 2.06. The number of para-hydroxylation sites is 1. The summed E-state index contributed by atoms with van der Waals surface area (Å²) in [6, 6.07) is 16.0. The van der Waals surface area contributed by atoms with E-state index in [1.165, 1.54) is 5.56 Å². The van der Waals surface area contributed by atoms with Gasteiger partial charge in [0.2, 0.25) is 0 Å². The van der Waals surface area contributed by atoms with Crippen molar-refractivity contribution in [2.75, 3.05) is 5.73 Å². The molecule has 1 atom stereocenters. The fourth-order valence-corrected chi connectivity index (χ4v) is 2.05. The number of benzene rings is 2. The van der Waals surface area contributed by atoms with Gasteiger partial charge < -0.3 is 11.1 Å². The van der Waals surface area contributed by atoms with E-state index in [1.54, 1.807) is 0 Å². The fourth-order valence-electron chi connectivity index (χ4n) is 1.85. The Hall–Kier alpha value is -1.51. The lowest BCUT2D eigenvalue weighted by Gasteiger charge is -2.15. The molecule has 0 aliphatic carbocycles. The van der Waals surface area contributed by atoms with Crippen LogP contribution in [-0.4, -0.2) is 0 Å². The maximum Gasteiger partial charge on any atom is 0.0409 e. The highest BCUT2D eigenvalue weighted by molar-refractivity contribution is 6.30. The zero-order chi connectivity index (χ0) is 13.0. The van der Waals surface area contributed by atoms with Crippen LogP contribution in [0.1, 0.15) is 24.1 Å². The van der Waals surface area contributed by atoms with Gasteiger partial charge in [0.05, 0.1) is 0 Å². The molecule has 1 unspecified atom stereocenters. The minimum absolute atomic E-state index is 0.239. The number of nitrogen functional groups attached to an aromatic ring is 1. The molecule has 2 aromatic rings. The van der Waals surface area contributed by atoms with Crippen LogP contribution < -0.4 is 11.1 Å². The minimum atomic E-state index is 0.239. The number of nitrogens with two attached hydrogens (primary N) is 1. The van der Waals surface area contributed by atoms with Gasteiger partial charge in [0.25, 0.3) is 0 Å². The predicted octanol–water partition coefficient (Wildman–Crippen LogP) is 3.77. The van der Waals surface area contributed by atoms with Crippen molar-refractivity contribution in [1.29, 1.82) is 0 Å². The molecule has 94 valence electrons. The van der Waals surface area contributed by atoms with Gasteiger partial charge >= 0.3 is 0 Å². The Morgan fingerprint density at radius 2 is 1.94 bits per heavy atom. The second-order valence-corrected chi connectivity index (χ2v) is 4.79. The predicted molar refractivity (Wildman–Crippen MR) is 77.6 cm³/mol. The maximum absolute atomic E-state index is 5.98. The molecule has 3 N–H and O–H groups in total. The number of rotatable bonds is 4. The van der Waals surface area contributed by atoms with E-state index in [4.69, 9.17) is 17.3 Å². The zero-order valence-electron chi connectivity index (χ0n) is 10.4. The Bertz CT molecular complexity index is 525. The fraction of sp³-hybridized carbons (Fsp3) is 0.200. The zero-order valence-corrected chi connectivity index (χ0v) is 11.1. The molecule has 2 aromatic carbocycles. The van der Waals surface area contributed by atoms with Crippen LogP contribution in [0.25, 0.3) is 0 Å². The van der Waals surface area contributed by atoms with Crippen molar-refractivity contribution < 1.29 is 0 Å². The third kappa shape index (κ3) is 3.25. The van der Waals surface area contributed by atoms with Crippen molar-refractivity contribution in [1.82, 2.24) is 5.32 Å². The van der Waals surface area contributed by atoms with Crippen LogP contribution in [0.3, 0.4) is 0 Å². The normalized spacial score (nSPS) is 12.3. The first-order valence-corrected chi connectivity index (χ1v) is 6.37. The SMILES string of the molecule is CC(NCc1ccccc1N)c1cccc(Cl)c1. The van der Waals surface area contributed by atoms with Gasteiger partial charge in [-0.1, -0.05) is 41.9 Å². The first-order valence-electron chi connectivity index (χ1n) is 5.99. The molecule has 0 saturated heterocycles. The van der Waals surface area contributed by atoms with Gasteiger partial charge in [-0.2, -0.15) is 0 Å². The molecule has 0 radical (unpaired) electrons.